The largest absolute Gasteiger partial charge is 0.356 e. The van der Waals surface area contributed by atoms with Crippen LogP contribution in [0.3, 0.4) is 0 Å². The number of halogens is 3. The Kier molecular flexibility index (Phi) is 6.88. The number of hydrogen-bond acceptors (Lipinski definition) is 3. The molecule has 2 rings (SSSR count). The molecule has 1 aromatic rings. The van der Waals surface area contributed by atoms with Crippen molar-refractivity contribution in [3.05, 3.63) is 33.8 Å². The third-order valence-corrected chi connectivity index (χ3v) is 3.86. The first-order chi connectivity index (χ1) is 9.00. The van der Waals surface area contributed by atoms with Crippen LogP contribution in [0.2, 0.25) is 10.0 Å². The van der Waals surface area contributed by atoms with Gasteiger partial charge >= 0.3 is 0 Å². The Balaban J connectivity index is 0.00000200. The van der Waals surface area contributed by atoms with Crippen molar-refractivity contribution in [1.29, 1.82) is 0 Å². The van der Waals surface area contributed by atoms with E-state index < -0.39 is 0 Å². The van der Waals surface area contributed by atoms with E-state index in [4.69, 9.17) is 23.2 Å². The lowest BCUT2D eigenvalue weighted by Crippen LogP contribution is -2.45. The molecule has 0 radical (unpaired) electrons. The van der Waals surface area contributed by atoms with Gasteiger partial charge < -0.3 is 10.6 Å². The van der Waals surface area contributed by atoms with Gasteiger partial charge in [-0.15, -0.1) is 24.0 Å². The van der Waals surface area contributed by atoms with E-state index in [1.807, 2.05) is 18.2 Å². The predicted molar refractivity (Wildman–Crippen MR) is 97.8 cm³/mol. The second-order valence-electron chi connectivity index (χ2n) is 5.34. The summed E-state index contributed by atoms with van der Waals surface area (Å²) in [4.78, 5) is 4.40. The molecule has 0 aliphatic carbocycles. The molecule has 112 valence electrons. The maximum absolute atomic E-state index is 6.28. The molecule has 2 N–H and O–H groups in total. The van der Waals surface area contributed by atoms with E-state index in [0.717, 1.165) is 37.6 Å². The third kappa shape index (κ3) is 4.40. The monoisotopic (exact) mass is 427 g/mol. The molecule has 0 saturated carbocycles. The summed E-state index contributed by atoms with van der Waals surface area (Å²) in [6.45, 7) is 6.82. The van der Waals surface area contributed by atoms with Crippen LogP contribution in [-0.4, -0.2) is 25.6 Å². The molecule has 1 aliphatic rings. The van der Waals surface area contributed by atoms with Crippen LogP contribution in [0.15, 0.2) is 23.2 Å². The average Bonchev–Trinajstić information content (AvgIpc) is 2.37. The SMILES string of the molecule is CC(C)(CNC1=NCCCN1)c1c(Cl)cccc1Cl.I. The fraction of sp³-hybridized carbons (Fsp3) is 0.500. The van der Waals surface area contributed by atoms with Gasteiger partial charge in [0.2, 0.25) is 0 Å². The normalized spacial score (nSPS) is 14.9. The van der Waals surface area contributed by atoms with Crippen molar-refractivity contribution in [2.75, 3.05) is 19.6 Å². The molecule has 0 fully saturated rings. The van der Waals surface area contributed by atoms with E-state index >= 15 is 0 Å². The van der Waals surface area contributed by atoms with Crippen molar-refractivity contribution in [3.63, 3.8) is 0 Å². The first-order valence-corrected chi connectivity index (χ1v) is 7.23. The lowest BCUT2D eigenvalue weighted by atomic mass is 9.84. The second-order valence-corrected chi connectivity index (χ2v) is 6.16. The number of nitrogens with one attached hydrogen (secondary N) is 2. The minimum atomic E-state index is -0.170. The van der Waals surface area contributed by atoms with Crippen LogP contribution in [0.4, 0.5) is 0 Å². The highest BCUT2D eigenvalue weighted by Gasteiger charge is 2.26. The predicted octanol–water partition coefficient (Wildman–Crippen LogP) is 3.83. The van der Waals surface area contributed by atoms with E-state index in [2.05, 4.69) is 29.5 Å². The van der Waals surface area contributed by atoms with Gasteiger partial charge in [-0.2, -0.15) is 0 Å². The molecule has 6 heteroatoms. The Morgan fingerprint density at radius 1 is 1.30 bits per heavy atom. The highest BCUT2D eigenvalue weighted by atomic mass is 127. The summed E-state index contributed by atoms with van der Waals surface area (Å²) in [6, 6.07) is 5.62. The summed E-state index contributed by atoms with van der Waals surface area (Å²) in [5, 5.41) is 7.99. The van der Waals surface area contributed by atoms with Crippen molar-refractivity contribution >= 4 is 53.1 Å². The van der Waals surface area contributed by atoms with Crippen LogP contribution < -0.4 is 10.6 Å². The molecule has 0 aromatic heterocycles. The van der Waals surface area contributed by atoms with E-state index in [0.29, 0.717) is 10.0 Å². The topological polar surface area (TPSA) is 36.4 Å². The average molecular weight is 428 g/mol. The van der Waals surface area contributed by atoms with Crippen LogP contribution in [0, 0.1) is 0 Å². The Labute approximate surface area is 147 Å². The molecular formula is C14H20Cl2IN3. The fourth-order valence-corrected chi connectivity index (χ4v) is 3.10. The van der Waals surface area contributed by atoms with Gasteiger partial charge in [0, 0.05) is 35.1 Å². The van der Waals surface area contributed by atoms with Crippen LogP contribution in [0.25, 0.3) is 0 Å². The number of aliphatic imine (C=N–C) groups is 1. The number of benzene rings is 1. The standard InChI is InChI=1S/C14H19Cl2N3.HI/c1-14(2,9-19-13-17-7-4-8-18-13)12-10(15)5-3-6-11(12)16;/h3,5-6H,4,7-9H2,1-2H3,(H2,17,18,19);1H. The lowest BCUT2D eigenvalue weighted by Gasteiger charge is -2.29. The molecule has 0 spiro atoms. The molecule has 1 heterocycles. The highest BCUT2D eigenvalue weighted by molar-refractivity contribution is 14.0. The number of nitrogens with zero attached hydrogens (tertiary/aromatic N) is 1. The maximum atomic E-state index is 6.28. The number of guanidine groups is 1. The maximum Gasteiger partial charge on any atom is 0.191 e. The summed E-state index contributed by atoms with van der Waals surface area (Å²) in [5.74, 6) is 0.863. The molecule has 1 aromatic carbocycles. The minimum absolute atomic E-state index is 0. The Hall–Kier alpha value is -0.200. The Morgan fingerprint density at radius 2 is 1.95 bits per heavy atom. The molecule has 20 heavy (non-hydrogen) atoms. The van der Waals surface area contributed by atoms with Gasteiger partial charge in [0.15, 0.2) is 5.96 Å². The van der Waals surface area contributed by atoms with Gasteiger partial charge in [0.1, 0.15) is 0 Å². The molecule has 0 atom stereocenters. The fourth-order valence-electron chi connectivity index (χ4n) is 2.19. The van der Waals surface area contributed by atoms with E-state index in [1.54, 1.807) is 0 Å². The zero-order chi connectivity index (χ0) is 13.9. The van der Waals surface area contributed by atoms with Crippen LogP contribution in [0.1, 0.15) is 25.8 Å². The summed E-state index contributed by atoms with van der Waals surface area (Å²) >= 11 is 12.6. The highest BCUT2D eigenvalue weighted by Crippen LogP contribution is 2.35. The molecule has 3 nitrogen and oxygen atoms in total. The molecule has 0 amide bonds. The van der Waals surface area contributed by atoms with Crippen molar-refractivity contribution in [1.82, 2.24) is 10.6 Å². The smallest absolute Gasteiger partial charge is 0.191 e. The molecule has 0 unspecified atom stereocenters. The van der Waals surface area contributed by atoms with Crippen molar-refractivity contribution < 1.29 is 0 Å². The third-order valence-electron chi connectivity index (χ3n) is 3.23. The summed E-state index contributed by atoms with van der Waals surface area (Å²) in [7, 11) is 0. The van der Waals surface area contributed by atoms with E-state index in [9.17, 15) is 0 Å². The Morgan fingerprint density at radius 3 is 2.50 bits per heavy atom. The number of rotatable bonds is 3. The van der Waals surface area contributed by atoms with E-state index in [1.165, 1.54) is 0 Å². The van der Waals surface area contributed by atoms with Gasteiger partial charge in [-0.05, 0) is 24.1 Å². The lowest BCUT2D eigenvalue weighted by molar-refractivity contribution is 0.506. The van der Waals surface area contributed by atoms with Crippen molar-refractivity contribution in [2.24, 2.45) is 4.99 Å². The first kappa shape index (κ1) is 17.9. The summed E-state index contributed by atoms with van der Waals surface area (Å²) in [5.41, 5.74) is 0.805. The summed E-state index contributed by atoms with van der Waals surface area (Å²) in [6.07, 6.45) is 1.09. The van der Waals surface area contributed by atoms with E-state index in [-0.39, 0.29) is 29.4 Å². The van der Waals surface area contributed by atoms with Gasteiger partial charge in [-0.3, -0.25) is 4.99 Å². The molecule has 1 aliphatic heterocycles. The minimum Gasteiger partial charge on any atom is -0.356 e. The zero-order valence-electron chi connectivity index (χ0n) is 11.7. The van der Waals surface area contributed by atoms with Gasteiger partial charge in [0.25, 0.3) is 0 Å². The second kappa shape index (κ2) is 7.71. The van der Waals surface area contributed by atoms with Gasteiger partial charge in [0.05, 0.1) is 0 Å². The van der Waals surface area contributed by atoms with Crippen LogP contribution in [0.5, 0.6) is 0 Å². The molecular weight excluding hydrogens is 408 g/mol. The first-order valence-electron chi connectivity index (χ1n) is 6.47. The van der Waals surface area contributed by atoms with Crippen LogP contribution >= 0.6 is 47.2 Å². The Bertz CT molecular complexity index is 469. The van der Waals surface area contributed by atoms with Crippen molar-refractivity contribution in [2.45, 2.75) is 25.7 Å². The quantitative estimate of drug-likeness (QED) is 0.719. The molecule has 0 bridgehead atoms. The number of hydrogen-bond donors (Lipinski definition) is 2. The van der Waals surface area contributed by atoms with Crippen molar-refractivity contribution in [3.8, 4) is 0 Å². The zero-order valence-corrected chi connectivity index (χ0v) is 15.5. The summed E-state index contributed by atoms with van der Waals surface area (Å²) < 4.78 is 0. The van der Waals surface area contributed by atoms with Gasteiger partial charge in [-0.1, -0.05) is 43.1 Å². The van der Waals surface area contributed by atoms with Gasteiger partial charge in [-0.25, -0.2) is 0 Å². The molecule has 0 saturated heterocycles. The van der Waals surface area contributed by atoms with Crippen LogP contribution in [-0.2, 0) is 5.41 Å².